The zero-order valence-corrected chi connectivity index (χ0v) is 12.1. The van der Waals surface area contributed by atoms with E-state index in [1.54, 1.807) is 6.26 Å². The van der Waals surface area contributed by atoms with E-state index in [1.165, 1.54) is 0 Å². The van der Waals surface area contributed by atoms with Gasteiger partial charge in [-0.2, -0.15) is 0 Å². The third-order valence-corrected chi connectivity index (χ3v) is 3.32. The van der Waals surface area contributed by atoms with E-state index in [2.05, 4.69) is 10.6 Å². The first kappa shape index (κ1) is 13.9. The van der Waals surface area contributed by atoms with E-state index in [0.717, 1.165) is 35.0 Å². The van der Waals surface area contributed by atoms with Gasteiger partial charge in [0.15, 0.2) is 5.11 Å². The number of thiocarbonyl (C=S) groups is 1. The molecule has 19 heavy (non-hydrogen) atoms. The molecular formula is C14H15ClN2OS. The molecule has 1 aromatic heterocycles. The van der Waals surface area contributed by atoms with E-state index in [9.17, 15) is 0 Å². The summed E-state index contributed by atoms with van der Waals surface area (Å²) >= 11 is 11.3. The van der Waals surface area contributed by atoms with Crippen molar-refractivity contribution in [1.29, 1.82) is 0 Å². The van der Waals surface area contributed by atoms with Crippen molar-refractivity contribution in [2.75, 3.05) is 11.9 Å². The number of nitrogens with one attached hydrogen (secondary N) is 2. The lowest BCUT2D eigenvalue weighted by atomic mass is 10.2. The Hall–Kier alpha value is -1.52. The second-order valence-corrected chi connectivity index (χ2v) is 4.99. The van der Waals surface area contributed by atoms with Crippen LogP contribution >= 0.6 is 23.8 Å². The molecule has 0 atom stereocenters. The third kappa shape index (κ3) is 4.26. The van der Waals surface area contributed by atoms with Gasteiger partial charge in [-0.1, -0.05) is 17.7 Å². The Morgan fingerprint density at radius 1 is 1.37 bits per heavy atom. The van der Waals surface area contributed by atoms with Gasteiger partial charge in [0, 0.05) is 23.7 Å². The molecule has 0 aliphatic heterocycles. The molecule has 0 bridgehead atoms. The second kappa shape index (κ2) is 6.59. The summed E-state index contributed by atoms with van der Waals surface area (Å²) in [6.45, 7) is 2.69. The molecule has 1 aromatic carbocycles. The molecule has 0 aliphatic rings. The molecule has 5 heteroatoms. The summed E-state index contributed by atoms with van der Waals surface area (Å²) < 4.78 is 5.24. The summed E-state index contributed by atoms with van der Waals surface area (Å²) in [5.41, 5.74) is 1.93. The average Bonchev–Trinajstić information content (AvgIpc) is 2.87. The van der Waals surface area contributed by atoms with Crippen molar-refractivity contribution in [2.45, 2.75) is 13.3 Å². The normalized spacial score (nSPS) is 10.2. The molecule has 0 fully saturated rings. The van der Waals surface area contributed by atoms with Gasteiger partial charge in [-0.3, -0.25) is 0 Å². The molecular weight excluding hydrogens is 280 g/mol. The van der Waals surface area contributed by atoms with Gasteiger partial charge >= 0.3 is 0 Å². The molecule has 0 unspecified atom stereocenters. The van der Waals surface area contributed by atoms with Gasteiger partial charge in [0.05, 0.1) is 6.26 Å². The fourth-order valence-electron chi connectivity index (χ4n) is 1.60. The van der Waals surface area contributed by atoms with Crippen LogP contribution in [0.2, 0.25) is 5.02 Å². The number of hydrogen-bond acceptors (Lipinski definition) is 2. The van der Waals surface area contributed by atoms with E-state index in [-0.39, 0.29) is 0 Å². The van der Waals surface area contributed by atoms with E-state index in [4.69, 9.17) is 28.2 Å². The number of halogens is 1. The second-order valence-electron chi connectivity index (χ2n) is 4.17. The lowest BCUT2D eigenvalue weighted by molar-refractivity contribution is 0.507. The molecule has 0 saturated heterocycles. The maximum absolute atomic E-state index is 6.05. The highest BCUT2D eigenvalue weighted by molar-refractivity contribution is 7.80. The molecule has 2 aromatic rings. The van der Waals surface area contributed by atoms with Gasteiger partial charge in [0.2, 0.25) is 0 Å². The number of aryl methyl sites for hydroxylation is 1. The van der Waals surface area contributed by atoms with Crippen molar-refractivity contribution in [1.82, 2.24) is 5.32 Å². The van der Waals surface area contributed by atoms with Crippen molar-refractivity contribution in [3.8, 4) is 0 Å². The van der Waals surface area contributed by atoms with Crippen LogP contribution in [0.4, 0.5) is 5.69 Å². The fraction of sp³-hybridized carbons (Fsp3) is 0.214. The minimum absolute atomic E-state index is 0.575. The zero-order chi connectivity index (χ0) is 13.7. The van der Waals surface area contributed by atoms with Crippen LogP contribution in [0.1, 0.15) is 11.3 Å². The Balaban J connectivity index is 1.79. The Labute approximate surface area is 123 Å². The number of furan rings is 1. The van der Waals surface area contributed by atoms with E-state index >= 15 is 0 Å². The summed E-state index contributed by atoms with van der Waals surface area (Å²) in [5, 5.41) is 7.52. The van der Waals surface area contributed by atoms with Crippen molar-refractivity contribution in [3.05, 3.63) is 52.9 Å². The predicted molar refractivity (Wildman–Crippen MR) is 82.8 cm³/mol. The predicted octanol–water partition coefficient (Wildman–Crippen LogP) is 3.77. The lowest BCUT2D eigenvalue weighted by Crippen LogP contribution is -2.30. The van der Waals surface area contributed by atoms with Crippen LogP contribution in [0.5, 0.6) is 0 Å². The molecule has 0 radical (unpaired) electrons. The van der Waals surface area contributed by atoms with Crippen LogP contribution in [0.15, 0.2) is 41.0 Å². The number of hydrogen-bond donors (Lipinski definition) is 2. The lowest BCUT2D eigenvalue weighted by Gasteiger charge is -2.10. The monoisotopic (exact) mass is 294 g/mol. The van der Waals surface area contributed by atoms with Gasteiger partial charge in [-0.05, 0) is 49.0 Å². The number of benzene rings is 1. The highest BCUT2D eigenvalue weighted by Gasteiger charge is 2.01. The van der Waals surface area contributed by atoms with E-state index in [1.807, 2.05) is 37.3 Å². The Morgan fingerprint density at radius 2 is 2.21 bits per heavy atom. The van der Waals surface area contributed by atoms with Crippen LogP contribution in [0, 0.1) is 6.92 Å². The number of anilines is 1. The highest BCUT2D eigenvalue weighted by Crippen LogP contribution is 2.19. The maximum Gasteiger partial charge on any atom is 0.170 e. The molecule has 0 saturated carbocycles. The topological polar surface area (TPSA) is 37.2 Å². The molecule has 1 heterocycles. The molecule has 100 valence electrons. The Morgan fingerprint density at radius 3 is 2.89 bits per heavy atom. The fourth-order valence-corrected chi connectivity index (χ4v) is 2.00. The third-order valence-electron chi connectivity index (χ3n) is 2.67. The summed E-state index contributed by atoms with van der Waals surface area (Å²) in [7, 11) is 0. The average molecular weight is 295 g/mol. The van der Waals surface area contributed by atoms with Crippen LogP contribution in [0.25, 0.3) is 0 Å². The first-order chi connectivity index (χ1) is 9.15. The van der Waals surface area contributed by atoms with Gasteiger partial charge in [-0.15, -0.1) is 0 Å². The SMILES string of the molecule is Cc1ccc(NC(=S)NCCc2ccco2)cc1Cl. The van der Waals surface area contributed by atoms with Crippen LogP contribution in [0.3, 0.4) is 0 Å². The van der Waals surface area contributed by atoms with Crippen LogP contribution in [-0.2, 0) is 6.42 Å². The van der Waals surface area contributed by atoms with Crippen molar-refractivity contribution >= 4 is 34.6 Å². The van der Waals surface area contributed by atoms with E-state index in [0.29, 0.717) is 5.11 Å². The van der Waals surface area contributed by atoms with Gasteiger partial charge in [0.25, 0.3) is 0 Å². The minimum Gasteiger partial charge on any atom is -0.469 e. The Bertz CT molecular complexity index is 555. The maximum atomic E-state index is 6.05. The van der Waals surface area contributed by atoms with Gasteiger partial charge in [-0.25, -0.2) is 0 Å². The van der Waals surface area contributed by atoms with Crippen LogP contribution in [-0.4, -0.2) is 11.7 Å². The molecule has 0 aliphatic carbocycles. The molecule has 2 rings (SSSR count). The summed E-state index contributed by atoms with van der Waals surface area (Å²) in [6, 6.07) is 9.58. The summed E-state index contributed by atoms with van der Waals surface area (Å²) in [6.07, 6.45) is 2.46. The standard InChI is InChI=1S/C14H15ClN2OS/c1-10-4-5-11(9-13(10)15)17-14(19)16-7-6-12-3-2-8-18-12/h2-5,8-9H,6-7H2,1H3,(H2,16,17,19). The van der Waals surface area contributed by atoms with Gasteiger partial charge in [0.1, 0.15) is 5.76 Å². The minimum atomic E-state index is 0.575. The molecule has 2 N–H and O–H groups in total. The zero-order valence-electron chi connectivity index (χ0n) is 10.6. The first-order valence-electron chi connectivity index (χ1n) is 5.98. The quantitative estimate of drug-likeness (QED) is 0.842. The van der Waals surface area contributed by atoms with Crippen molar-refractivity contribution in [2.24, 2.45) is 0 Å². The van der Waals surface area contributed by atoms with Crippen molar-refractivity contribution in [3.63, 3.8) is 0 Å². The molecule has 0 spiro atoms. The number of rotatable bonds is 4. The summed E-state index contributed by atoms with van der Waals surface area (Å²) in [4.78, 5) is 0. The van der Waals surface area contributed by atoms with Gasteiger partial charge < -0.3 is 15.1 Å². The first-order valence-corrected chi connectivity index (χ1v) is 6.77. The van der Waals surface area contributed by atoms with E-state index < -0.39 is 0 Å². The van der Waals surface area contributed by atoms with Crippen molar-refractivity contribution < 1.29 is 4.42 Å². The smallest absolute Gasteiger partial charge is 0.170 e. The Kier molecular flexibility index (Phi) is 4.82. The molecule has 0 amide bonds. The van der Waals surface area contributed by atoms with Crippen LogP contribution < -0.4 is 10.6 Å². The largest absolute Gasteiger partial charge is 0.469 e. The molecule has 3 nitrogen and oxygen atoms in total. The summed E-state index contributed by atoms with van der Waals surface area (Å²) in [5.74, 6) is 0.939. The highest BCUT2D eigenvalue weighted by atomic mass is 35.5.